The van der Waals surface area contributed by atoms with Crippen LogP contribution in [0.5, 0.6) is 0 Å². The van der Waals surface area contributed by atoms with Crippen molar-refractivity contribution < 1.29 is 0 Å². The van der Waals surface area contributed by atoms with Crippen LogP contribution in [0.25, 0.3) is 20.4 Å². The van der Waals surface area contributed by atoms with Gasteiger partial charge in [-0.15, -0.1) is 16.4 Å². The fourth-order valence-electron chi connectivity index (χ4n) is 9.70. The molecule has 8 nitrogen and oxygen atoms in total. The molecule has 1 saturated heterocycles. The molecule has 0 amide bonds. The third-order valence-corrected chi connectivity index (χ3v) is 14.4. The maximum Gasteiger partial charge on any atom is 0.225 e. The van der Waals surface area contributed by atoms with E-state index in [1.54, 1.807) is 17.7 Å². The summed E-state index contributed by atoms with van der Waals surface area (Å²) in [5, 5.41) is 14.2. The van der Waals surface area contributed by atoms with Crippen molar-refractivity contribution in [2.75, 3.05) is 23.3 Å². The molecule has 4 aromatic heterocycles. The van der Waals surface area contributed by atoms with E-state index in [1.165, 1.54) is 179 Å². The Labute approximate surface area is 349 Å². The summed E-state index contributed by atoms with van der Waals surface area (Å²) in [6, 6.07) is 0.341. The third kappa shape index (κ3) is 13.5. The molecular weight excluding hydrogens is 721 g/mol. The molecule has 1 atom stereocenters. The van der Waals surface area contributed by atoms with Gasteiger partial charge in [-0.25, -0.2) is 19.9 Å². The Bertz CT molecular complexity index is 1730. The van der Waals surface area contributed by atoms with Gasteiger partial charge < -0.3 is 10.2 Å². The Morgan fingerprint density at radius 2 is 1.09 bits per heavy atom. The van der Waals surface area contributed by atoms with E-state index in [0.717, 1.165) is 69.4 Å². The molecule has 0 bridgehead atoms. The summed E-state index contributed by atoms with van der Waals surface area (Å²) >= 11 is 1.68. The summed E-state index contributed by atoms with van der Waals surface area (Å²) in [6.45, 7) is 8.32. The zero-order valence-corrected chi connectivity index (χ0v) is 37.1. The number of thiophene rings is 1. The van der Waals surface area contributed by atoms with Crippen LogP contribution in [-0.2, 0) is 0 Å². The smallest absolute Gasteiger partial charge is 0.225 e. The van der Waals surface area contributed by atoms with E-state index in [2.05, 4.69) is 34.3 Å². The van der Waals surface area contributed by atoms with Crippen molar-refractivity contribution in [3.05, 3.63) is 35.5 Å². The van der Waals surface area contributed by atoms with Crippen LogP contribution < -0.4 is 10.2 Å². The van der Waals surface area contributed by atoms with Gasteiger partial charge in [0.05, 0.1) is 15.9 Å². The highest BCUT2D eigenvalue weighted by molar-refractivity contribution is 7.26. The number of hydrogen-bond donors (Lipinski definition) is 1. The summed E-state index contributed by atoms with van der Waals surface area (Å²) in [5.74, 6) is 1.85. The van der Waals surface area contributed by atoms with Crippen molar-refractivity contribution in [1.82, 2.24) is 30.1 Å². The molecule has 0 aromatic carbocycles. The average molecular weight is 797 g/mol. The molecular formula is C48H76N8S. The maximum absolute atomic E-state index is 4.90. The van der Waals surface area contributed by atoms with Crippen molar-refractivity contribution in [1.29, 1.82) is 0 Å². The minimum absolute atomic E-state index is 0.247. The molecule has 0 radical (unpaired) electrons. The zero-order valence-electron chi connectivity index (χ0n) is 36.3. The molecule has 6 rings (SSSR count). The highest BCUT2D eigenvalue weighted by Crippen LogP contribution is 2.44. The topological polar surface area (TPSA) is 92.6 Å². The second kappa shape index (κ2) is 23.6. The van der Waals surface area contributed by atoms with Crippen molar-refractivity contribution in [3.63, 3.8) is 0 Å². The summed E-state index contributed by atoms with van der Waals surface area (Å²) < 4.78 is 1.11. The molecule has 1 aliphatic heterocycles. The van der Waals surface area contributed by atoms with Gasteiger partial charge in [0.25, 0.3) is 0 Å². The van der Waals surface area contributed by atoms with Crippen molar-refractivity contribution in [2.24, 2.45) is 5.41 Å². The predicted octanol–water partition coefficient (Wildman–Crippen LogP) is 14.0. The zero-order chi connectivity index (χ0) is 39.5. The number of nitrogens with zero attached hydrogens (tertiary/aromatic N) is 7. The maximum atomic E-state index is 4.90. The lowest BCUT2D eigenvalue weighted by Gasteiger charge is -2.52. The van der Waals surface area contributed by atoms with Crippen LogP contribution in [0.15, 0.2) is 18.7 Å². The number of hydrogen-bond acceptors (Lipinski definition) is 9. The Morgan fingerprint density at radius 3 is 1.61 bits per heavy atom. The fraction of sp³-hybridized carbons (Fsp3) is 0.750. The minimum atomic E-state index is 0.247. The first-order valence-electron chi connectivity index (χ1n) is 23.7. The van der Waals surface area contributed by atoms with E-state index in [1.807, 2.05) is 19.3 Å². The highest BCUT2D eigenvalue weighted by atomic mass is 32.1. The molecule has 5 heterocycles. The van der Waals surface area contributed by atoms with Gasteiger partial charge >= 0.3 is 0 Å². The first kappa shape index (κ1) is 43.6. The molecule has 1 spiro atoms. The standard InChI is InChI=1S/C48H76N8S/c1-38-33-49-47(50-34-38)56-35-48(36-56)31-29-27-25-23-21-19-17-15-13-11-9-7-5-4-6-8-10-12-14-16-18-20-22-24-26-28-30-41(32-48)53-45-44-43(51-37-52-45)42-39(2)40(3)54-55-46(42)57-44/h33-34,37,41H,4-32,35-36H2,1-3H3,(H,51,52,53). The number of fused-ring (bicyclic) bond motifs is 3. The van der Waals surface area contributed by atoms with E-state index in [4.69, 9.17) is 19.9 Å². The Hall–Kier alpha value is -2.94. The van der Waals surface area contributed by atoms with Crippen LogP contribution in [0.1, 0.15) is 203 Å². The van der Waals surface area contributed by atoms with Gasteiger partial charge in [-0.2, -0.15) is 5.10 Å². The van der Waals surface area contributed by atoms with Gasteiger partial charge in [-0.1, -0.05) is 167 Å². The number of aryl methyl sites for hydroxylation is 3. The van der Waals surface area contributed by atoms with Crippen molar-refractivity contribution in [2.45, 2.75) is 213 Å². The molecule has 1 N–H and O–H groups in total. The van der Waals surface area contributed by atoms with Gasteiger partial charge in [0.15, 0.2) is 0 Å². The van der Waals surface area contributed by atoms with E-state index >= 15 is 0 Å². The molecule has 1 aliphatic carbocycles. The molecule has 4 aromatic rings. The summed E-state index contributed by atoms with van der Waals surface area (Å²) in [5.41, 5.74) is 4.50. The van der Waals surface area contributed by atoms with Gasteiger partial charge in [-0.05, 0) is 51.2 Å². The fourth-order valence-corrected chi connectivity index (χ4v) is 10.8. The normalized spacial score (nSPS) is 21.8. The second-order valence-corrected chi connectivity index (χ2v) is 19.3. The molecule has 57 heavy (non-hydrogen) atoms. The van der Waals surface area contributed by atoms with E-state index in [-0.39, 0.29) is 5.41 Å². The quantitative estimate of drug-likeness (QED) is 0.219. The minimum Gasteiger partial charge on any atom is -0.366 e. The van der Waals surface area contributed by atoms with Crippen molar-refractivity contribution >= 4 is 43.5 Å². The Kier molecular flexibility index (Phi) is 18.1. The first-order valence-corrected chi connectivity index (χ1v) is 24.5. The largest absolute Gasteiger partial charge is 0.366 e. The van der Waals surface area contributed by atoms with E-state index in [0.29, 0.717) is 6.04 Å². The third-order valence-electron chi connectivity index (χ3n) is 13.3. The molecule has 1 unspecified atom stereocenters. The van der Waals surface area contributed by atoms with Gasteiger partial charge in [0.2, 0.25) is 5.95 Å². The monoisotopic (exact) mass is 797 g/mol. The second-order valence-electron chi connectivity index (χ2n) is 18.3. The highest BCUT2D eigenvalue weighted by Gasteiger charge is 2.45. The van der Waals surface area contributed by atoms with Crippen LogP contribution in [0.3, 0.4) is 0 Å². The van der Waals surface area contributed by atoms with Crippen LogP contribution in [0.2, 0.25) is 0 Å². The van der Waals surface area contributed by atoms with E-state index < -0.39 is 0 Å². The first-order chi connectivity index (χ1) is 28.0. The van der Waals surface area contributed by atoms with Gasteiger partial charge in [0.1, 0.15) is 17.0 Å². The van der Waals surface area contributed by atoms with Crippen molar-refractivity contribution in [3.8, 4) is 0 Å². The van der Waals surface area contributed by atoms with Crippen LogP contribution in [0.4, 0.5) is 11.8 Å². The van der Waals surface area contributed by atoms with Gasteiger partial charge in [-0.3, -0.25) is 0 Å². The number of aromatic nitrogens is 6. The summed E-state index contributed by atoms with van der Waals surface area (Å²) in [6.07, 6.45) is 45.9. The van der Waals surface area contributed by atoms with Crippen LogP contribution >= 0.6 is 11.3 Å². The van der Waals surface area contributed by atoms with Gasteiger partial charge in [0, 0.05) is 42.3 Å². The molecule has 9 heteroatoms. The SMILES string of the molecule is Cc1cnc(N2CC3(CCCCCCCCCCCCCCCCCCCCCCCCCCCCC(Nc4ncnc5c4sc4nnc(C)c(C)c45)C3)C2)nc1. The number of nitrogens with one attached hydrogen (secondary N) is 1. The molecule has 314 valence electrons. The summed E-state index contributed by atoms with van der Waals surface area (Å²) in [7, 11) is 0. The predicted molar refractivity (Wildman–Crippen MR) is 243 cm³/mol. The average Bonchev–Trinajstić information content (AvgIpc) is 3.59. The lowest BCUT2D eigenvalue weighted by molar-refractivity contribution is 0.155. The Morgan fingerprint density at radius 1 is 0.596 bits per heavy atom. The van der Waals surface area contributed by atoms with Crippen LogP contribution in [0, 0.1) is 26.2 Å². The number of rotatable bonds is 3. The lowest BCUT2D eigenvalue weighted by atomic mass is 9.70. The summed E-state index contributed by atoms with van der Waals surface area (Å²) in [4.78, 5) is 22.5. The van der Waals surface area contributed by atoms with Crippen LogP contribution in [-0.4, -0.2) is 49.3 Å². The molecule has 2 fully saturated rings. The lowest BCUT2D eigenvalue weighted by Crippen LogP contribution is -2.58. The number of anilines is 2. The molecule has 1 saturated carbocycles. The molecule has 2 aliphatic rings. The van der Waals surface area contributed by atoms with E-state index in [9.17, 15) is 0 Å². The Balaban J connectivity index is 1.11.